The van der Waals surface area contributed by atoms with Gasteiger partial charge in [0.15, 0.2) is 11.5 Å². The van der Waals surface area contributed by atoms with Crippen molar-refractivity contribution in [3.05, 3.63) is 23.8 Å². The predicted molar refractivity (Wildman–Crippen MR) is 80.0 cm³/mol. The van der Waals surface area contributed by atoms with E-state index in [9.17, 15) is 0 Å². The first-order valence-corrected chi connectivity index (χ1v) is 7.07. The molecule has 0 saturated carbocycles. The molecule has 0 aliphatic heterocycles. The van der Waals surface area contributed by atoms with Crippen molar-refractivity contribution in [1.82, 2.24) is 5.32 Å². The highest BCUT2D eigenvalue weighted by Gasteiger charge is 2.12. The van der Waals surface area contributed by atoms with E-state index >= 15 is 0 Å². The van der Waals surface area contributed by atoms with Gasteiger partial charge in [-0.3, -0.25) is 0 Å². The van der Waals surface area contributed by atoms with Crippen LogP contribution in [0.4, 0.5) is 0 Å². The molecule has 0 spiro atoms. The van der Waals surface area contributed by atoms with Crippen molar-refractivity contribution in [2.75, 3.05) is 20.8 Å². The van der Waals surface area contributed by atoms with Crippen LogP contribution in [0.15, 0.2) is 18.2 Å². The molecule has 0 bridgehead atoms. The average molecular weight is 265 g/mol. The van der Waals surface area contributed by atoms with Crippen LogP contribution in [0, 0.1) is 5.92 Å². The molecule has 108 valence electrons. The average Bonchev–Trinajstić information content (AvgIpc) is 2.42. The molecule has 0 aliphatic rings. The van der Waals surface area contributed by atoms with Gasteiger partial charge in [-0.05, 0) is 43.0 Å². The van der Waals surface area contributed by atoms with E-state index in [2.05, 4.69) is 38.2 Å². The zero-order chi connectivity index (χ0) is 14.3. The van der Waals surface area contributed by atoms with Gasteiger partial charge in [-0.25, -0.2) is 0 Å². The van der Waals surface area contributed by atoms with Crippen LogP contribution < -0.4 is 14.8 Å². The molecule has 1 rings (SSSR count). The van der Waals surface area contributed by atoms with Gasteiger partial charge < -0.3 is 14.8 Å². The molecule has 0 radical (unpaired) electrons. The first-order valence-electron chi connectivity index (χ1n) is 7.07. The Morgan fingerprint density at radius 2 is 1.79 bits per heavy atom. The predicted octanol–water partition coefficient (Wildman–Crippen LogP) is 3.79. The maximum absolute atomic E-state index is 5.36. The molecular formula is C16H27NO2. The molecule has 1 aromatic rings. The number of methoxy groups -OCH3 is 2. The molecule has 0 aromatic heterocycles. The smallest absolute Gasteiger partial charge is 0.161 e. The Morgan fingerprint density at radius 1 is 1.11 bits per heavy atom. The van der Waals surface area contributed by atoms with Crippen molar-refractivity contribution >= 4 is 0 Å². The third kappa shape index (κ3) is 4.75. The van der Waals surface area contributed by atoms with Crippen molar-refractivity contribution in [3.8, 4) is 11.5 Å². The van der Waals surface area contributed by atoms with Gasteiger partial charge in [0.2, 0.25) is 0 Å². The summed E-state index contributed by atoms with van der Waals surface area (Å²) in [5, 5.41) is 3.61. The molecular weight excluding hydrogens is 238 g/mol. The van der Waals surface area contributed by atoms with Crippen LogP contribution in [0.2, 0.25) is 0 Å². The quantitative estimate of drug-likeness (QED) is 0.775. The van der Waals surface area contributed by atoms with Crippen LogP contribution in [0.25, 0.3) is 0 Å². The van der Waals surface area contributed by atoms with Crippen molar-refractivity contribution in [2.24, 2.45) is 5.92 Å². The fourth-order valence-electron chi connectivity index (χ4n) is 2.11. The summed E-state index contributed by atoms with van der Waals surface area (Å²) in [4.78, 5) is 0. The summed E-state index contributed by atoms with van der Waals surface area (Å²) in [5.41, 5.74) is 1.25. The van der Waals surface area contributed by atoms with Gasteiger partial charge in [0.1, 0.15) is 0 Å². The number of hydrogen-bond donors (Lipinski definition) is 1. The van der Waals surface area contributed by atoms with Gasteiger partial charge in [0.25, 0.3) is 0 Å². The summed E-state index contributed by atoms with van der Waals surface area (Å²) in [7, 11) is 3.34. The van der Waals surface area contributed by atoms with E-state index in [0.717, 1.165) is 30.4 Å². The Kier molecular flexibility index (Phi) is 6.71. The van der Waals surface area contributed by atoms with Crippen LogP contribution in [0.5, 0.6) is 11.5 Å². The SMILES string of the molecule is CCC(NCCC(C)C)c1ccc(OC)c(OC)c1. The number of hydrogen-bond acceptors (Lipinski definition) is 3. The molecule has 0 aliphatic carbocycles. The molecule has 0 fully saturated rings. The van der Waals surface area contributed by atoms with Crippen molar-refractivity contribution in [3.63, 3.8) is 0 Å². The summed E-state index contributed by atoms with van der Waals surface area (Å²) >= 11 is 0. The van der Waals surface area contributed by atoms with E-state index in [4.69, 9.17) is 9.47 Å². The Bertz CT molecular complexity index is 377. The molecule has 3 heteroatoms. The van der Waals surface area contributed by atoms with E-state index < -0.39 is 0 Å². The van der Waals surface area contributed by atoms with Crippen LogP contribution in [-0.2, 0) is 0 Å². The minimum absolute atomic E-state index is 0.374. The fraction of sp³-hybridized carbons (Fsp3) is 0.625. The van der Waals surface area contributed by atoms with Gasteiger partial charge in [0, 0.05) is 6.04 Å². The summed E-state index contributed by atoms with van der Waals surface area (Å²) < 4.78 is 10.6. The van der Waals surface area contributed by atoms with E-state index in [1.165, 1.54) is 12.0 Å². The lowest BCUT2D eigenvalue weighted by Gasteiger charge is -2.19. The number of rotatable bonds is 8. The Hall–Kier alpha value is -1.22. The maximum atomic E-state index is 5.36. The fourth-order valence-corrected chi connectivity index (χ4v) is 2.11. The van der Waals surface area contributed by atoms with Gasteiger partial charge >= 0.3 is 0 Å². The van der Waals surface area contributed by atoms with Gasteiger partial charge in [0.05, 0.1) is 14.2 Å². The minimum Gasteiger partial charge on any atom is -0.493 e. The molecule has 19 heavy (non-hydrogen) atoms. The Morgan fingerprint density at radius 3 is 2.32 bits per heavy atom. The van der Waals surface area contributed by atoms with E-state index in [1.807, 2.05) is 6.07 Å². The zero-order valence-corrected chi connectivity index (χ0v) is 12.8. The monoisotopic (exact) mass is 265 g/mol. The largest absolute Gasteiger partial charge is 0.493 e. The molecule has 1 unspecified atom stereocenters. The standard InChI is InChI=1S/C16H27NO2/c1-6-14(17-10-9-12(2)3)13-7-8-15(18-4)16(11-13)19-5/h7-8,11-12,14,17H,6,9-10H2,1-5H3. The number of benzene rings is 1. The minimum atomic E-state index is 0.374. The molecule has 0 saturated heterocycles. The molecule has 0 amide bonds. The second-order valence-corrected chi connectivity index (χ2v) is 5.21. The van der Waals surface area contributed by atoms with Crippen molar-refractivity contribution in [1.29, 1.82) is 0 Å². The van der Waals surface area contributed by atoms with Gasteiger partial charge in [-0.15, -0.1) is 0 Å². The summed E-state index contributed by atoms with van der Waals surface area (Å²) in [5.74, 6) is 2.31. The van der Waals surface area contributed by atoms with Crippen LogP contribution >= 0.6 is 0 Å². The Balaban J connectivity index is 2.75. The number of nitrogens with one attached hydrogen (secondary N) is 1. The highest BCUT2D eigenvalue weighted by molar-refractivity contribution is 5.43. The molecule has 3 nitrogen and oxygen atoms in total. The maximum Gasteiger partial charge on any atom is 0.161 e. The first kappa shape index (κ1) is 15.8. The number of ether oxygens (including phenoxy) is 2. The van der Waals surface area contributed by atoms with Crippen LogP contribution in [0.3, 0.4) is 0 Å². The molecule has 1 atom stereocenters. The molecule has 0 heterocycles. The summed E-state index contributed by atoms with van der Waals surface area (Å²) in [6.07, 6.45) is 2.26. The zero-order valence-electron chi connectivity index (χ0n) is 12.8. The van der Waals surface area contributed by atoms with Gasteiger partial charge in [-0.2, -0.15) is 0 Å². The molecule has 1 N–H and O–H groups in total. The topological polar surface area (TPSA) is 30.5 Å². The lowest BCUT2D eigenvalue weighted by Crippen LogP contribution is -2.22. The van der Waals surface area contributed by atoms with Crippen LogP contribution in [-0.4, -0.2) is 20.8 Å². The summed E-state index contributed by atoms with van der Waals surface area (Å²) in [6.45, 7) is 7.74. The second kappa shape index (κ2) is 8.05. The Labute approximate surface area is 117 Å². The second-order valence-electron chi connectivity index (χ2n) is 5.21. The van der Waals surface area contributed by atoms with Crippen molar-refractivity contribution < 1.29 is 9.47 Å². The third-order valence-corrected chi connectivity index (χ3v) is 3.33. The molecule has 1 aromatic carbocycles. The van der Waals surface area contributed by atoms with E-state index in [-0.39, 0.29) is 0 Å². The lowest BCUT2D eigenvalue weighted by molar-refractivity contribution is 0.353. The highest BCUT2D eigenvalue weighted by atomic mass is 16.5. The third-order valence-electron chi connectivity index (χ3n) is 3.33. The van der Waals surface area contributed by atoms with E-state index in [0.29, 0.717) is 6.04 Å². The highest BCUT2D eigenvalue weighted by Crippen LogP contribution is 2.30. The first-order chi connectivity index (χ1) is 9.12. The lowest BCUT2D eigenvalue weighted by atomic mass is 10.0. The normalized spacial score (nSPS) is 12.5. The van der Waals surface area contributed by atoms with Gasteiger partial charge in [-0.1, -0.05) is 26.8 Å². The van der Waals surface area contributed by atoms with Crippen molar-refractivity contribution in [2.45, 2.75) is 39.7 Å². The van der Waals surface area contributed by atoms with E-state index in [1.54, 1.807) is 14.2 Å². The van der Waals surface area contributed by atoms with Crippen LogP contribution in [0.1, 0.15) is 45.2 Å². The summed E-state index contributed by atoms with van der Waals surface area (Å²) in [6, 6.07) is 6.52.